The van der Waals surface area contributed by atoms with E-state index in [1.807, 2.05) is 56.3 Å². The highest BCUT2D eigenvalue weighted by Gasteiger charge is 2.26. The fourth-order valence-corrected chi connectivity index (χ4v) is 3.19. The Morgan fingerprint density at radius 1 is 1.07 bits per heavy atom. The van der Waals surface area contributed by atoms with Crippen molar-refractivity contribution in [2.75, 3.05) is 6.54 Å². The zero-order chi connectivity index (χ0) is 20.7. The van der Waals surface area contributed by atoms with E-state index in [-0.39, 0.29) is 18.2 Å². The van der Waals surface area contributed by atoms with Crippen LogP contribution in [0.4, 0.5) is 0 Å². The lowest BCUT2D eigenvalue weighted by Crippen LogP contribution is -2.48. The Labute approximate surface area is 180 Å². The van der Waals surface area contributed by atoms with Crippen molar-refractivity contribution in [1.82, 2.24) is 10.2 Å². The minimum atomic E-state index is -0.586. The first-order valence-corrected chi connectivity index (χ1v) is 10.5. The summed E-state index contributed by atoms with van der Waals surface area (Å²) in [5.41, 5.74) is 1.71. The highest BCUT2D eigenvalue weighted by molar-refractivity contribution is 9.10. The van der Waals surface area contributed by atoms with Gasteiger partial charge in [0.2, 0.25) is 11.8 Å². The van der Waals surface area contributed by atoms with E-state index < -0.39 is 6.04 Å². The lowest BCUT2D eigenvalue weighted by atomic mass is 10.1. The highest BCUT2D eigenvalue weighted by Crippen LogP contribution is 2.19. The van der Waals surface area contributed by atoms with Gasteiger partial charge in [0.25, 0.3) is 0 Å². The number of rotatable bonds is 8. The van der Waals surface area contributed by atoms with Crippen molar-refractivity contribution in [2.45, 2.75) is 39.8 Å². The van der Waals surface area contributed by atoms with Gasteiger partial charge in [-0.1, -0.05) is 71.7 Å². The number of carbonyl (C=O) groups excluding carboxylic acids is 2. The van der Waals surface area contributed by atoms with E-state index in [4.69, 9.17) is 11.6 Å². The summed E-state index contributed by atoms with van der Waals surface area (Å²) < 4.78 is 0.966. The zero-order valence-corrected chi connectivity index (χ0v) is 18.8. The number of hydrogen-bond acceptors (Lipinski definition) is 2. The molecule has 0 aromatic heterocycles. The van der Waals surface area contributed by atoms with E-state index in [0.29, 0.717) is 24.0 Å². The molecule has 1 N–H and O–H groups in total. The molecule has 150 valence electrons. The second-order valence-corrected chi connectivity index (χ2v) is 8.55. The zero-order valence-electron chi connectivity index (χ0n) is 16.4. The predicted octanol–water partition coefficient (Wildman–Crippen LogP) is 4.83. The molecule has 2 aromatic carbocycles. The molecule has 0 spiro atoms. The molecule has 0 saturated heterocycles. The molecule has 2 aromatic rings. The lowest BCUT2D eigenvalue weighted by molar-refractivity contribution is -0.140. The van der Waals surface area contributed by atoms with Crippen molar-refractivity contribution in [3.63, 3.8) is 0 Å². The average Bonchev–Trinajstić information content (AvgIpc) is 2.66. The number of hydrogen-bond donors (Lipinski definition) is 1. The molecule has 2 amide bonds. The van der Waals surface area contributed by atoms with Gasteiger partial charge in [0.15, 0.2) is 0 Å². The van der Waals surface area contributed by atoms with E-state index in [1.54, 1.807) is 17.9 Å². The molecule has 1 unspecified atom stereocenters. The monoisotopic (exact) mass is 464 g/mol. The van der Waals surface area contributed by atoms with Gasteiger partial charge in [0, 0.05) is 22.6 Å². The van der Waals surface area contributed by atoms with Gasteiger partial charge < -0.3 is 10.2 Å². The van der Waals surface area contributed by atoms with Crippen molar-refractivity contribution >= 4 is 39.3 Å². The van der Waals surface area contributed by atoms with Gasteiger partial charge in [-0.05, 0) is 42.2 Å². The van der Waals surface area contributed by atoms with Crippen LogP contribution in [-0.4, -0.2) is 29.3 Å². The molecular formula is C22H26BrClN2O2. The average molecular weight is 466 g/mol. The molecule has 1 atom stereocenters. The Morgan fingerprint density at radius 3 is 2.32 bits per heavy atom. The maximum absolute atomic E-state index is 13.1. The highest BCUT2D eigenvalue weighted by atomic mass is 79.9. The molecule has 2 rings (SSSR count). The third-order valence-electron chi connectivity index (χ3n) is 4.42. The van der Waals surface area contributed by atoms with Crippen LogP contribution in [-0.2, 0) is 22.6 Å². The molecule has 0 radical (unpaired) electrons. The van der Waals surface area contributed by atoms with Crippen LogP contribution in [0.5, 0.6) is 0 Å². The number of halogens is 2. The Kier molecular flexibility index (Phi) is 8.52. The maximum Gasteiger partial charge on any atom is 0.242 e. The van der Waals surface area contributed by atoms with E-state index in [2.05, 4.69) is 21.2 Å². The lowest BCUT2D eigenvalue weighted by Gasteiger charge is -2.29. The quantitative estimate of drug-likeness (QED) is 0.607. The molecule has 0 fully saturated rings. The van der Waals surface area contributed by atoms with Gasteiger partial charge in [-0.25, -0.2) is 0 Å². The Morgan fingerprint density at radius 2 is 1.71 bits per heavy atom. The first-order chi connectivity index (χ1) is 13.3. The van der Waals surface area contributed by atoms with Gasteiger partial charge in [-0.2, -0.15) is 0 Å². The number of nitrogens with one attached hydrogen (secondary N) is 1. The Bertz CT molecular complexity index is 808. The summed E-state index contributed by atoms with van der Waals surface area (Å²) in [5.74, 6) is 0.0523. The van der Waals surface area contributed by atoms with Crippen molar-refractivity contribution in [3.8, 4) is 0 Å². The first kappa shape index (κ1) is 22.4. The fourth-order valence-electron chi connectivity index (χ4n) is 2.73. The number of carbonyl (C=O) groups is 2. The molecule has 0 aliphatic carbocycles. The van der Waals surface area contributed by atoms with Gasteiger partial charge in [-0.15, -0.1) is 0 Å². The summed E-state index contributed by atoms with van der Waals surface area (Å²) in [5, 5.41) is 3.47. The molecule has 4 nitrogen and oxygen atoms in total. The van der Waals surface area contributed by atoms with Crippen LogP contribution in [0.3, 0.4) is 0 Å². The van der Waals surface area contributed by atoms with Crippen LogP contribution in [0.15, 0.2) is 53.0 Å². The fraction of sp³-hybridized carbons (Fsp3) is 0.364. The molecule has 0 aliphatic rings. The van der Waals surface area contributed by atoms with Gasteiger partial charge in [-0.3, -0.25) is 9.59 Å². The van der Waals surface area contributed by atoms with E-state index in [0.717, 1.165) is 15.6 Å². The standard InChI is InChI=1S/C22H26BrClN2O2/c1-15(2)13-25-22(28)16(3)26(14-17-8-10-19(23)11-9-17)21(27)12-18-6-4-5-7-20(18)24/h4-11,15-16H,12-14H2,1-3H3,(H,25,28). The van der Waals surface area contributed by atoms with E-state index in [1.165, 1.54) is 0 Å². The number of amides is 2. The topological polar surface area (TPSA) is 49.4 Å². The third kappa shape index (κ3) is 6.64. The minimum Gasteiger partial charge on any atom is -0.354 e. The summed E-state index contributed by atoms with van der Waals surface area (Å²) in [7, 11) is 0. The summed E-state index contributed by atoms with van der Waals surface area (Å²) in [6, 6.07) is 14.4. The predicted molar refractivity (Wildman–Crippen MR) is 117 cm³/mol. The normalized spacial score (nSPS) is 11.9. The smallest absolute Gasteiger partial charge is 0.242 e. The van der Waals surface area contributed by atoms with Gasteiger partial charge in [0.05, 0.1) is 6.42 Å². The van der Waals surface area contributed by atoms with Crippen LogP contribution < -0.4 is 5.32 Å². The molecule has 0 aliphatic heterocycles. The largest absolute Gasteiger partial charge is 0.354 e. The van der Waals surface area contributed by atoms with E-state index in [9.17, 15) is 9.59 Å². The van der Waals surface area contributed by atoms with Crippen LogP contribution >= 0.6 is 27.5 Å². The second kappa shape index (κ2) is 10.6. The SMILES string of the molecule is CC(C)CNC(=O)C(C)N(Cc1ccc(Br)cc1)C(=O)Cc1ccccc1Cl. The molecule has 28 heavy (non-hydrogen) atoms. The van der Waals surface area contributed by atoms with Crippen LogP contribution in [0, 0.1) is 5.92 Å². The maximum atomic E-state index is 13.1. The second-order valence-electron chi connectivity index (χ2n) is 7.23. The van der Waals surface area contributed by atoms with Crippen LogP contribution in [0.2, 0.25) is 5.02 Å². The van der Waals surface area contributed by atoms with Crippen molar-refractivity contribution in [2.24, 2.45) is 5.92 Å². The third-order valence-corrected chi connectivity index (χ3v) is 5.31. The number of benzene rings is 2. The van der Waals surface area contributed by atoms with E-state index >= 15 is 0 Å². The van der Waals surface area contributed by atoms with Crippen LogP contribution in [0.25, 0.3) is 0 Å². The van der Waals surface area contributed by atoms with Crippen molar-refractivity contribution in [1.29, 1.82) is 0 Å². The Balaban J connectivity index is 2.21. The Hall–Kier alpha value is -1.85. The molecular weight excluding hydrogens is 440 g/mol. The summed E-state index contributed by atoms with van der Waals surface area (Å²) in [4.78, 5) is 27.3. The first-order valence-electron chi connectivity index (χ1n) is 9.33. The van der Waals surface area contributed by atoms with Crippen LogP contribution in [0.1, 0.15) is 31.9 Å². The molecule has 6 heteroatoms. The van der Waals surface area contributed by atoms with Crippen molar-refractivity contribution in [3.05, 3.63) is 69.2 Å². The van der Waals surface area contributed by atoms with Crippen molar-refractivity contribution < 1.29 is 9.59 Å². The van der Waals surface area contributed by atoms with Gasteiger partial charge >= 0.3 is 0 Å². The summed E-state index contributed by atoms with van der Waals surface area (Å²) in [6.45, 7) is 6.76. The summed E-state index contributed by atoms with van der Waals surface area (Å²) >= 11 is 9.64. The number of nitrogens with zero attached hydrogens (tertiary/aromatic N) is 1. The summed E-state index contributed by atoms with van der Waals surface area (Å²) in [6.07, 6.45) is 0.151. The minimum absolute atomic E-state index is 0.136. The molecule has 0 bridgehead atoms. The molecule has 0 heterocycles. The molecule has 0 saturated carbocycles. The van der Waals surface area contributed by atoms with Gasteiger partial charge in [0.1, 0.15) is 6.04 Å².